The Bertz CT molecular complexity index is 710. The predicted octanol–water partition coefficient (Wildman–Crippen LogP) is 2.27. The molecule has 0 saturated heterocycles. The minimum atomic E-state index is -0.193. The van der Waals surface area contributed by atoms with Crippen LogP contribution in [0, 0.1) is 0 Å². The van der Waals surface area contributed by atoms with Crippen molar-refractivity contribution in [1.29, 1.82) is 0 Å². The SMILES string of the molecule is O=c1[nH]c2ccc(-c3nc(S)cs3)cc2[nH]1. The lowest BCUT2D eigenvalue weighted by molar-refractivity contribution is 1.21. The smallest absolute Gasteiger partial charge is 0.306 e. The van der Waals surface area contributed by atoms with E-state index in [0.717, 1.165) is 21.6 Å². The molecule has 0 fully saturated rings. The molecule has 2 N–H and O–H groups in total. The van der Waals surface area contributed by atoms with E-state index in [0.29, 0.717) is 5.03 Å². The zero-order valence-corrected chi connectivity index (χ0v) is 9.73. The molecular formula is C10H7N3OS2. The third-order valence-electron chi connectivity index (χ3n) is 2.25. The first-order chi connectivity index (χ1) is 7.72. The summed E-state index contributed by atoms with van der Waals surface area (Å²) in [6, 6.07) is 5.69. The number of thiol groups is 1. The maximum atomic E-state index is 11.1. The molecule has 0 radical (unpaired) electrons. The van der Waals surface area contributed by atoms with Crippen molar-refractivity contribution in [2.75, 3.05) is 0 Å². The molecule has 0 aliphatic heterocycles. The summed E-state index contributed by atoms with van der Waals surface area (Å²) in [6.07, 6.45) is 0. The highest BCUT2D eigenvalue weighted by Gasteiger charge is 2.05. The molecule has 2 aromatic heterocycles. The van der Waals surface area contributed by atoms with Gasteiger partial charge in [0.25, 0.3) is 0 Å². The monoisotopic (exact) mass is 249 g/mol. The van der Waals surface area contributed by atoms with Crippen LogP contribution in [0.15, 0.2) is 33.4 Å². The van der Waals surface area contributed by atoms with E-state index < -0.39 is 0 Å². The highest BCUT2D eigenvalue weighted by Crippen LogP contribution is 2.26. The number of hydrogen-bond acceptors (Lipinski definition) is 4. The van der Waals surface area contributed by atoms with Crippen LogP contribution < -0.4 is 5.69 Å². The van der Waals surface area contributed by atoms with Gasteiger partial charge < -0.3 is 9.97 Å². The number of nitrogens with zero attached hydrogens (tertiary/aromatic N) is 1. The van der Waals surface area contributed by atoms with E-state index >= 15 is 0 Å². The Morgan fingerprint density at radius 1 is 1.25 bits per heavy atom. The Morgan fingerprint density at radius 3 is 2.81 bits per heavy atom. The summed E-state index contributed by atoms with van der Waals surface area (Å²) in [5.74, 6) is 0. The molecule has 0 atom stereocenters. The lowest BCUT2D eigenvalue weighted by Crippen LogP contribution is -1.99. The number of aromatic nitrogens is 3. The minimum absolute atomic E-state index is 0.193. The van der Waals surface area contributed by atoms with Crippen LogP contribution in [0.4, 0.5) is 0 Å². The summed E-state index contributed by atoms with van der Waals surface area (Å²) in [6.45, 7) is 0. The number of aromatic amines is 2. The van der Waals surface area contributed by atoms with Crippen LogP contribution in [0.5, 0.6) is 0 Å². The molecule has 0 aliphatic carbocycles. The topological polar surface area (TPSA) is 61.5 Å². The fourth-order valence-corrected chi connectivity index (χ4v) is 2.57. The summed E-state index contributed by atoms with van der Waals surface area (Å²) in [5, 5.41) is 3.49. The fraction of sp³-hybridized carbons (Fsp3) is 0. The summed E-state index contributed by atoms with van der Waals surface area (Å²) in [4.78, 5) is 20.8. The van der Waals surface area contributed by atoms with Crippen LogP contribution in [0.1, 0.15) is 0 Å². The maximum absolute atomic E-state index is 11.1. The second-order valence-corrected chi connectivity index (χ2v) is 4.67. The Labute approximate surface area is 99.8 Å². The third-order valence-corrected chi connectivity index (χ3v) is 3.55. The average molecular weight is 249 g/mol. The van der Waals surface area contributed by atoms with Crippen molar-refractivity contribution < 1.29 is 0 Å². The van der Waals surface area contributed by atoms with Gasteiger partial charge in [0.2, 0.25) is 0 Å². The van der Waals surface area contributed by atoms with E-state index in [1.54, 1.807) is 0 Å². The molecule has 0 unspecified atom stereocenters. The van der Waals surface area contributed by atoms with Gasteiger partial charge in [0.15, 0.2) is 0 Å². The van der Waals surface area contributed by atoms with Crippen LogP contribution in [-0.4, -0.2) is 15.0 Å². The van der Waals surface area contributed by atoms with Crippen molar-refractivity contribution in [2.45, 2.75) is 5.03 Å². The molecule has 3 rings (SSSR count). The fourth-order valence-electron chi connectivity index (χ4n) is 1.56. The lowest BCUT2D eigenvalue weighted by Gasteiger charge is -1.95. The van der Waals surface area contributed by atoms with Gasteiger partial charge in [0.1, 0.15) is 10.0 Å². The van der Waals surface area contributed by atoms with Gasteiger partial charge in [-0.25, -0.2) is 9.78 Å². The van der Waals surface area contributed by atoms with Crippen LogP contribution >= 0.6 is 24.0 Å². The largest absolute Gasteiger partial charge is 0.323 e. The molecule has 0 amide bonds. The molecule has 2 heterocycles. The number of nitrogens with one attached hydrogen (secondary N) is 2. The third kappa shape index (κ3) is 1.56. The molecule has 4 nitrogen and oxygen atoms in total. The number of fused-ring (bicyclic) bond motifs is 1. The van der Waals surface area contributed by atoms with Crippen molar-refractivity contribution in [2.24, 2.45) is 0 Å². The molecule has 3 aromatic rings. The first-order valence-electron chi connectivity index (χ1n) is 4.59. The van der Waals surface area contributed by atoms with Gasteiger partial charge in [-0.05, 0) is 18.2 Å². The van der Waals surface area contributed by atoms with E-state index in [1.807, 2.05) is 23.6 Å². The quantitative estimate of drug-likeness (QED) is 0.579. The van der Waals surface area contributed by atoms with Gasteiger partial charge in [0.05, 0.1) is 11.0 Å². The Morgan fingerprint density at radius 2 is 2.06 bits per heavy atom. The Kier molecular flexibility index (Phi) is 2.12. The number of thiazole rings is 1. The number of imidazole rings is 1. The summed E-state index contributed by atoms with van der Waals surface area (Å²) in [7, 11) is 0. The van der Waals surface area contributed by atoms with Crippen LogP contribution in [0.25, 0.3) is 21.6 Å². The second-order valence-electron chi connectivity index (χ2n) is 3.35. The zero-order chi connectivity index (χ0) is 11.1. The number of H-pyrrole nitrogens is 2. The molecule has 0 bridgehead atoms. The zero-order valence-electron chi connectivity index (χ0n) is 8.02. The van der Waals surface area contributed by atoms with E-state index in [2.05, 4.69) is 27.6 Å². The molecule has 16 heavy (non-hydrogen) atoms. The number of rotatable bonds is 1. The highest BCUT2D eigenvalue weighted by molar-refractivity contribution is 7.80. The summed E-state index contributed by atoms with van der Waals surface area (Å²) < 4.78 is 0. The molecular weight excluding hydrogens is 242 g/mol. The normalized spacial score (nSPS) is 11.1. The average Bonchev–Trinajstić information content (AvgIpc) is 2.81. The van der Waals surface area contributed by atoms with Gasteiger partial charge >= 0.3 is 5.69 Å². The Hall–Kier alpha value is -1.53. The molecule has 1 aromatic carbocycles. The van der Waals surface area contributed by atoms with Crippen LogP contribution in [0.2, 0.25) is 0 Å². The molecule has 0 spiro atoms. The van der Waals surface area contributed by atoms with Gasteiger partial charge in [-0.2, -0.15) is 0 Å². The second kappa shape index (κ2) is 3.50. The standard InChI is InChI=1S/C10H7N3OS2/c14-10-11-6-2-1-5(3-7(6)12-10)9-13-8(15)4-16-9/h1-4,15H,(H2,11,12,14). The first kappa shape index (κ1) is 9.68. The van der Waals surface area contributed by atoms with Gasteiger partial charge in [-0.3, -0.25) is 0 Å². The van der Waals surface area contributed by atoms with Gasteiger partial charge in [-0.15, -0.1) is 24.0 Å². The van der Waals surface area contributed by atoms with Crippen molar-refractivity contribution in [3.05, 3.63) is 34.1 Å². The first-order valence-corrected chi connectivity index (χ1v) is 5.92. The van der Waals surface area contributed by atoms with E-state index in [-0.39, 0.29) is 5.69 Å². The number of hydrogen-bond donors (Lipinski definition) is 3. The van der Waals surface area contributed by atoms with E-state index in [1.165, 1.54) is 11.3 Å². The molecule has 0 aliphatic rings. The maximum Gasteiger partial charge on any atom is 0.323 e. The van der Waals surface area contributed by atoms with Gasteiger partial charge in [-0.1, -0.05) is 0 Å². The van der Waals surface area contributed by atoms with Crippen molar-refractivity contribution in [1.82, 2.24) is 15.0 Å². The van der Waals surface area contributed by atoms with Gasteiger partial charge in [0, 0.05) is 10.9 Å². The lowest BCUT2D eigenvalue weighted by atomic mass is 10.2. The van der Waals surface area contributed by atoms with E-state index in [4.69, 9.17) is 0 Å². The highest BCUT2D eigenvalue weighted by atomic mass is 32.1. The summed E-state index contributed by atoms with van der Waals surface area (Å²) in [5.41, 5.74) is 2.38. The minimum Gasteiger partial charge on any atom is -0.306 e. The molecule has 80 valence electrons. The van der Waals surface area contributed by atoms with Crippen LogP contribution in [-0.2, 0) is 0 Å². The van der Waals surface area contributed by atoms with Crippen molar-refractivity contribution in [3.8, 4) is 10.6 Å². The summed E-state index contributed by atoms with van der Waals surface area (Å²) >= 11 is 5.70. The van der Waals surface area contributed by atoms with Crippen LogP contribution in [0.3, 0.4) is 0 Å². The molecule has 0 saturated carbocycles. The number of benzene rings is 1. The predicted molar refractivity (Wildman–Crippen MR) is 67.3 cm³/mol. The molecule has 6 heteroatoms. The Balaban J connectivity index is 2.21. The van der Waals surface area contributed by atoms with E-state index in [9.17, 15) is 4.79 Å². The van der Waals surface area contributed by atoms with Crippen molar-refractivity contribution in [3.63, 3.8) is 0 Å². The van der Waals surface area contributed by atoms with Crippen molar-refractivity contribution >= 4 is 35.0 Å².